The lowest BCUT2D eigenvalue weighted by Gasteiger charge is -2.27. The van der Waals surface area contributed by atoms with Gasteiger partial charge in [-0.1, -0.05) is 51.0 Å². The molecule has 1 aliphatic rings. The topological polar surface area (TPSA) is 104 Å². The fourth-order valence-corrected chi connectivity index (χ4v) is 4.59. The quantitative estimate of drug-likeness (QED) is 0.126. The van der Waals surface area contributed by atoms with Crippen molar-refractivity contribution < 1.29 is 24.0 Å². The van der Waals surface area contributed by atoms with E-state index >= 15 is 0 Å². The molecule has 2 aromatic rings. The molecule has 0 saturated carbocycles. The van der Waals surface area contributed by atoms with Crippen molar-refractivity contribution in [3.05, 3.63) is 81.2 Å². The summed E-state index contributed by atoms with van der Waals surface area (Å²) >= 11 is 0. The molecule has 198 valence electrons. The van der Waals surface area contributed by atoms with Crippen molar-refractivity contribution in [1.82, 2.24) is 9.80 Å². The van der Waals surface area contributed by atoms with E-state index in [0.717, 1.165) is 51.4 Å². The summed E-state index contributed by atoms with van der Waals surface area (Å²) in [7, 11) is 0. The van der Waals surface area contributed by atoms with Gasteiger partial charge in [-0.3, -0.25) is 19.7 Å². The van der Waals surface area contributed by atoms with Crippen LogP contribution >= 0.6 is 0 Å². The normalized spacial score (nSPS) is 17.1. The predicted molar refractivity (Wildman–Crippen MR) is 139 cm³/mol. The number of amides is 1. The zero-order valence-corrected chi connectivity index (χ0v) is 21.4. The average Bonchev–Trinajstić information content (AvgIpc) is 3.15. The van der Waals surface area contributed by atoms with Crippen LogP contribution in [-0.2, 0) is 9.59 Å². The Morgan fingerprint density at radius 1 is 1.03 bits per heavy atom. The van der Waals surface area contributed by atoms with Crippen molar-refractivity contribution in [1.29, 1.82) is 0 Å². The van der Waals surface area contributed by atoms with E-state index in [1.807, 2.05) is 0 Å². The number of benzene rings is 2. The first-order valence-corrected chi connectivity index (χ1v) is 12.8. The minimum absolute atomic E-state index is 0.0598. The van der Waals surface area contributed by atoms with Gasteiger partial charge in [0.05, 0.1) is 16.5 Å². The highest BCUT2D eigenvalue weighted by atomic mass is 19.1. The number of rotatable bonds is 13. The van der Waals surface area contributed by atoms with Crippen LogP contribution in [0.15, 0.2) is 54.1 Å². The van der Waals surface area contributed by atoms with Gasteiger partial charge in [-0.25, -0.2) is 4.39 Å². The second kappa shape index (κ2) is 13.1. The molecule has 0 spiro atoms. The number of aliphatic hydroxyl groups is 1. The number of carbonyl (C=O) groups is 2. The molecule has 0 bridgehead atoms. The Labute approximate surface area is 216 Å². The summed E-state index contributed by atoms with van der Waals surface area (Å²) in [6, 6.07) is 9.77. The van der Waals surface area contributed by atoms with Gasteiger partial charge in [-0.2, -0.15) is 0 Å². The standard InChI is InChI=1S/C28H34FN3O5/c1-3-5-15-30(16-6-4-2)17-8-18-31-25(20-11-13-22(29)14-12-20)24(27(34)28(31)35)26(33)21-9-7-10-23(19-21)32(36)37/h7,9-14,19,25,33H,3-6,8,15-18H2,1-2H3/t25-/m0/s1. The minimum Gasteiger partial charge on any atom is -0.507 e. The maximum Gasteiger partial charge on any atom is 0.295 e. The number of nitrogens with zero attached hydrogens (tertiary/aromatic N) is 3. The number of nitro groups is 1. The largest absolute Gasteiger partial charge is 0.507 e. The number of hydrogen-bond acceptors (Lipinski definition) is 6. The van der Waals surface area contributed by atoms with Gasteiger partial charge >= 0.3 is 0 Å². The highest BCUT2D eigenvalue weighted by molar-refractivity contribution is 6.46. The number of non-ortho nitro benzene ring substituents is 1. The lowest BCUT2D eigenvalue weighted by atomic mass is 9.95. The second-order valence-electron chi connectivity index (χ2n) is 9.25. The number of halogens is 1. The molecule has 1 heterocycles. The number of nitro benzene ring substituents is 1. The summed E-state index contributed by atoms with van der Waals surface area (Å²) < 4.78 is 13.7. The Morgan fingerprint density at radius 2 is 1.65 bits per heavy atom. The molecule has 1 aliphatic heterocycles. The first-order chi connectivity index (χ1) is 17.8. The highest BCUT2D eigenvalue weighted by Gasteiger charge is 2.45. The third-order valence-corrected chi connectivity index (χ3v) is 6.59. The van der Waals surface area contributed by atoms with Crippen molar-refractivity contribution in [3.63, 3.8) is 0 Å². The monoisotopic (exact) mass is 511 g/mol. The SMILES string of the molecule is CCCCN(CCCC)CCCN1C(=O)C(=O)C(=C(O)c2cccc([N+](=O)[O-])c2)[C@@H]1c1ccc(F)cc1. The van der Waals surface area contributed by atoms with Gasteiger partial charge in [0.15, 0.2) is 0 Å². The lowest BCUT2D eigenvalue weighted by Crippen LogP contribution is -2.34. The summed E-state index contributed by atoms with van der Waals surface area (Å²) in [6.45, 7) is 7.23. The minimum atomic E-state index is -0.931. The lowest BCUT2D eigenvalue weighted by molar-refractivity contribution is -0.384. The maximum absolute atomic E-state index is 13.7. The van der Waals surface area contributed by atoms with Crippen molar-refractivity contribution >= 4 is 23.1 Å². The Hall–Kier alpha value is -3.59. The van der Waals surface area contributed by atoms with Gasteiger partial charge < -0.3 is 14.9 Å². The Morgan fingerprint density at radius 3 is 2.24 bits per heavy atom. The summed E-state index contributed by atoms with van der Waals surface area (Å²) in [6.07, 6.45) is 4.94. The number of likely N-dealkylation sites (tertiary alicyclic amines) is 1. The molecule has 1 atom stereocenters. The molecule has 2 aromatic carbocycles. The van der Waals surface area contributed by atoms with Crippen LogP contribution in [0.4, 0.5) is 10.1 Å². The van der Waals surface area contributed by atoms with Crippen LogP contribution in [0.25, 0.3) is 5.76 Å². The number of unbranched alkanes of at least 4 members (excludes halogenated alkanes) is 2. The molecule has 0 radical (unpaired) electrons. The summed E-state index contributed by atoms with van der Waals surface area (Å²) in [4.78, 5) is 40.7. The van der Waals surface area contributed by atoms with Crippen LogP contribution in [0.1, 0.15) is 63.1 Å². The van der Waals surface area contributed by atoms with E-state index < -0.39 is 34.2 Å². The molecule has 1 amide bonds. The zero-order chi connectivity index (χ0) is 26.9. The van der Waals surface area contributed by atoms with Crippen LogP contribution < -0.4 is 0 Å². The van der Waals surface area contributed by atoms with E-state index in [-0.39, 0.29) is 23.4 Å². The summed E-state index contributed by atoms with van der Waals surface area (Å²) in [5.41, 5.74) is 0.118. The van der Waals surface area contributed by atoms with E-state index in [9.17, 15) is 29.2 Å². The molecule has 3 rings (SSSR count). The number of ketones is 1. The van der Waals surface area contributed by atoms with Gasteiger partial charge in [0, 0.05) is 24.2 Å². The van der Waals surface area contributed by atoms with E-state index in [4.69, 9.17) is 0 Å². The van der Waals surface area contributed by atoms with Gasteiger partial charge in [0.1, 0.15) is 11.6 Å². The molecule has 1 saturated heterocycles. The van der Waals surface area contributed by atoms with E-state index in [2.05, 4.69) is 18.7 Å². The van der Waals surface area contributed by atoms with Crippen molar-refractivity contribution in [2.24, 2.45) is 0 Å². The Kier molecular flexibility index (Phi) is 9.91. The third kappa shape index (κ3) is 6.80. The molecule has 0 aromatic heterocycles. The van der Waals surface area contributed by atoms with Crippen LogP contribution in [0, 0.1) is 15.9 Å². The average molecular weight is 512 g/mol. The van der Waals surface area contributed by atoms with Gasteiger partial charge in [0.2, 0.25) is 0 Å². The summed E-state index contributed by atoms with van der Waals surface area (Å²) in [5.74, 6) is -2.59. The Balaban J connectivity index is 1.95. The molecule has 37 heavy (non-hydrogen) atoms. The first-order valence-electron chi connectivity index (χ1n) is 12.8. The van der Waals surface area contributed by atoms with E-state index in [0.29, 0.717) is 12.0 Å². The number of aliphatic hydroxyl groups excluding tert-OH is 1. The van der Waals surface area contributed by atoms with Gasteiger partial charge in [-0.05, 0) is 56.6 Å². The predicted octanol–water partition coefficient (Wildman–Crippen LogP) is 5.45. The Bertz CT molecular complexity index is 1140. The number of carbonyl (C=O) groups excluding carboxylic acids is 2. The van der Waals surface area contributed by atoms with Crippen molar-refractivity contribution in [2.45, 2.75) is 52.0 Å². The van der Waals surface area contributed by atoms with Crippen LogP contribution in [0.3, 0.4) is 0 Å². The van der Waals surface area contributed by atoms with E-state index in [1.165, 1.54) is 47.4 Å². The van der Waals surface area contributed by atoms with Crippen LogP contribution in [-0.4, -0.2) is 57.7 Å². The van der Waals surface area contributed by atoms with Crippen molar-refractivity contribution in [2.75, 3.05) is 26.2 Å². The highest BCUT2D eigenvalue weighted by Crippen LogP contribution is 2.39. The zero-order valence-electron chi connectivity index (χ0n) is 21.4. The first kappa shape index (κ1) is 28.0. The van der Waals surface area contributed by atoms with Crippen LogP contribution in [0.2, 0.25) is 0 Å². The number of Topliss-reactive ketones (excluding diaryl/α,β-unsaturated/α-hetero) is 1. The van der Waals surface area contributed by atoms with E-state index in [1.54, 1.807) is 0 Å². The van der Waals surface area contributed by atoms with Gasteiger partial charge in [-0.15, -0.1) is 0 Å². The second-order valence-corrected chi connectivity index (χ2v) is 9.25. The van der Waals surface area contributed by atoms with Gasteiger partial charge in [0.25, 0.3) is 17.4 Å². The smallest absolute Gasteiger partial charge is 0.295 e. The molecule has 0 unspecified atom stereocenters. The molecule has 9 heteroatoms. The van der Waals surface area contributed by atoms with Crippen molar-refractivity contribution in [3.8, 4) is 0 Å². The third-order valence-electron chi connectivity index (χ3n) is 6.59. The molecule has 8 nitrogen and oxygen atoms in total. The molecule has 1 fully saturated rings. The fraction of sp³-hybridized carbons (Fsp3) is 0.429. The molecule has 0 aliphatic carbocycles. The molecule has 1 N–H and O–H groups in total. The molecular weight excluding hydrogens is 477 g/mol. The fourth-order valence-electron chi connectivity index (χ4n) is 4.59. The maximum atomic E-state index is 13.7. The number of hydrogen-bond donors (Lipinski definition) is 1. The van der Waals surface area contributed by atoms with Crippen LogP contribution in [0.5, 0.6) is 0 Å². The molecular formula is C28H34FN3O5. The summed E-state index contributed by atoms with van der Waals surface area (Å²) in [5, 5.41) is 22.3.